The van der Waals surface area contributed by atoms with Crippen LogP contribution < -0.4 is 5.43 Å². The van der Waals surface area contributed by atoms with E-state index in [4.69, 9.17) is 0 Å². The molecule has 0 aromatic carbocycles. The van der Waals surface area contributed by atoms with Crippen LogP contribution in [0.15, 0.2) is 51.7 Å². The van der Waals surface area contributed by atoms with Gasteiger partial charge in [0.2, 0.25) is 0 Å². The molecule has 5 atom stereocenters. The first-order valence-electron chi connectivity index (χ1n) is 10.8. The van der Waals surface area contributed by atoms with Crippen molar-refractivity contribution in [1.29, 1.82) is 0 Å². The SMILES string of the molecule is CCCCC1CC(C)C2=C(C=C(F)CC2)C12NN=C(C1=CC3(F)CC3C=C1F)S2. The number of halogens is 3. The summed E-state index contributed by atoms with van der Waals surface area (Å²) in [4.78, 5) is -0.588. The average molecular weight is 421 g/mol. The fraction of sp³-hybridized carbons (Fsp3) is 0.609. The Morgan fingerprint density at radius 3 is 2.93 bits per heavy atom. The second-order valence-corrected chi connectivity index (χ2v) is 10.4. The number of nitrogens with zero attached hydrogens (tertiary/aromatic N) is 1. The van der Waals surface area contributed by atoms with E-state index in [1.807, 2.05) is 0 Å². The van der Waals surface area contributed by atoms with E-state index in [0.29, 0.717) is 23.8 Å². The first-order valence-corrected chi connectivity index (χ1v) is 11.6. The molecular formula is C23H27F3N2S. The van der Waals surface area contributed by atoms with Crippen LogP contribution in [0.1, 0.15) is 58.8 Å². The highest BCUT2D eigenvalue weighted by atomic mass is 32.2. The normalized spacial score (nSPS) is 40.5. The molecule has 0 radical (unpaired) electrons. The molecule has 0 saturated heterocycles. The fourth-order valence-electron chi connectivity index (χ4n) is 5.41. The zero-order valence-corrected chi connectivity index (χ0v) is 17.7. The lowest BCUT2D eigenvalue weighted by Crippen LogP contribution is -2.49. The van der Waals surface area contributed by atoms with Crippen LogP contribution in [0.25, 0.3) is 0 Å². The van der Waals surface area contributed by atoms with E-state index in [9.17, 15) is 13.2 Å². The van der Waals surface area contributed by atoms with Crippen molar-refractivity contribution in [2.24, 2.45) is 22.9 Å². The van der Waals surface area contributed by atoms with Gasteiger partial charge in [-0.25, -0.2) is 13.2 Å². The van der Waals surface area contributed by atoms with Gasteiger partial charge in [0.15, 0.2) is 0 Å². The predicted molar refractivity (Wildman–Crippen MR) is 112 cm³/mol. The molecule has 1 heterocycles. The molecule has 1 fully saturated rings. The molecule has 0 aromatic heterocycles. The molecule has 1 saturated carbocycles. The van der Waals surface area contributed by atoms with Crippen LogP contribution >= 0.6 is 11.8 Å². The Balaban J connectivity index is 1.52. The molecule has 29 heavy (non-hydrogen) atoms. The molecular weight excluding hydrogens is 393 g/mol. The zero-order valence-electron chi connectivity index (χ0n) is 16.9. The molecule has 2 nitrogen and oxygen atoms in total. The average Bonchev–Trinajstić information content (AvgIpc) is 3.15. The molecule has 156 valence electrons. The maximum absolute atomic E-state index is 14.7. The van der Waals surface area contributed by atoms with Crippen LogP contribution in [-0.4, -0.2) is 15.6 Å². The number of unbranched alkanes of at least 4 members (excludes halogenated alkanes) is 1. The van der Waals surface area contributed by atoms with Crippen molar-refractivity contribution in [1.82, 2.24) is 5.43 Å². The summed E-state index contributed by atoms with van der Waals surface area (Å²) in [6.45, 7) is 4.40. The molecule has 5 aliphatic rings. The lowest BCUT2D eigenvalue weighted by atomic mass is 9.69. The molecule has 5 unspecified atom stereocenters. The summed E-state index contributed by atoms with van der Waals surface area (Å²) in [5, 5.41) is 4.99. The molecule has 4 aliphatic carbocycles. The fourth-order valence-corrected chi connectivity index (χ4v) is 6.85. The number of hydrogen-bond donors (Lipinski definition) is 1. The summed E-state index contributed by atoms with van der Waals surface area (Å²) < 4.78 is 43.6. The van der Waals surface area contributed by atoms with Crippen molar-refractivity contribution in [3.05, 3.63) is 46.6 Å². The van der Waals surface area contributed by atoms with Crippen LogP contribution in [-0.2, 0) is 0 Å². The van der Waals surface area contributed by atoms with Crippen LogP contribution in [0.4, 0.5) is 13.2 Å². The maximum Gasteiger partial charge on any atom is 0.137 e. The van der Waals surface area contributed by atoms with Gasteiger partial charge in [0.25, 0.3) is 0 Å². The second-order valence-electron chi connectivity index (χ2n) is 9.18. The minimum atomic E-state index is -1.42. The van der Waals surface area contributed by atoms with Gasteiger partial charge < -0.3 is 0 Å². The predicted octanol–water partition coefficient (Wildman–Crippen LogP) is 6.64. The Bertz CT molecular complexity index is 902. The third-order valence-electron chi connectivity index (χ3n) is 7.18. The number of nitrogens with one attached hydrogen (secondary N) is 1. The van der Waals surface area contributed by atoms with Gasteiger partial charge in [-0.2, -0.15) is 5.10 Å². The number of hydrazone groups is 1. The number of thioether (sulfide) groups is 1. The number of fused-ring (bicyclic) bond motifs is 2. The van der Waals surface area contributed by atoms with Gasteiger partial charge >= 0.3 is 0 Å². The molecule has 0 aromatic rings. The van der Waals surface area contributed by atoms with Crippen LogP contribution in [0.5, 0.6) is 0 Å². The van der Waals surface area contributed by atoms with E-state index in [0.717, 1.165) is 37.7 Å². The lowest BCUT2D eigenvalue weighted by Gasteiger charge is -2.46. The summed E-state index contributed by atoms with van der Waals surface area (Å²) in [5.74, 6) is -0.166. The molecule has 5 rings (SSSR count). The highest BCUT2D eigenvalue weighted by molar-refractivity contribution is 8.16. The first kappa shape index (κ1) is 19.5. The summed E-state index contributed by atoms with van der Waals surface area (Å²) in [6, 6.07) is 0. The lowest BCUT2D eigenvalue weighted by molar-refractivity contribution is 0.265. The van der Waals surface area contributed by atoms with Crippen molar-refractivity contribution in [3.63, 3.8) is 0 Å². The van der Waals surface area contributed by atoms with E-state index in [1.165, 1.54) is 29.5 Å². The Kier molecular flexibility index (Phi) is 4.57. The van der Waals surface area contributed by atoms with Gasteiger partial charge in [-0.3, -0.25) is 5.43 Å². The Morgan fingerprint density at radius 2 is 2.14 bits per heavy atom. The van der Waals surface area contributed by atoms with Gasteiger partial charge in [-0.1, -0.05) is 44.0 Å². The molecule has 1 N–H and O–H groups in total. The quantitative estimate of drug-likeness (QED) is 0.551. The monoisotopic (exact) mass is 420 g/mol. The van der Waals surface area contributed by atoms with Crippen molar-refractivity contribution in [2.75, 3.05) is 0 Å². The Morgan fingerprint density at radius 1 is 1.31 bits per heavy atom. The van der Waals surface area contributed by atoms with Crippen molar-refractivity contribution in [3.8, 4) is 0 Å². The van der Waals surface area contributed by atoms with Crippen molar-refractivity contribution >= 4 is 16.8 Å². The van der Waals surface area contributed by atoms with Gasteiger partial charge in [0, 0.05) is 17.9 Å². The van der Waals surface area contributed by atoms with Gasteiger partial charge in [0.05, 0.1) is 0 Å². The van der Waals surface area contributed by atoms with Gasteiger partial charge in [0.1, 0.15) is 27.2 Å². The largest absolute Gasteiger partial charge is 0.288 e. The number of rotatable bonds is 4. The minimum absolute atomic E-state index is 0.103. The third-order valence-corrected chi connectivity index (χ3v) is 8.66. The summed E-state index contributed by atoms with van der Waals surface area (Å²) in [7, 11) is 0. The van der Waals surface area contributed by atoms with E-state index in [1.54, 1.807) is 6.08 Å². The standard InChI is InChI=1S/C23H27F3N2S/c1-3-4-5-14-8-13(2)17-7-6-16(24)10-19(17)23(14)28-27-21(29-23)18-12-22(26)11-15(22)9-20(18)25/h9-10,12-15,28H,3-8,11H2,1-2H3. The summed E-state index contributed by atoms with van der Waals surface area (Å²) >= 11 is 1.47. The Hall–Kier alpha value is -1.43. The van der Waals surface area contributed by atoms with E-state index in [2.05, 4.69) is 24.4 Å². The topological polar surface area (TPSA) is 24.4 Å². The van der Waals surface area contributed by atoms with Crippen molar-refractivity contribution < 1.29 is 13.2 Å². The third kappa shape index (κ3) is 3.05. The molecule has 0 amide bonds. The summed E-state index contributed by atoms with van der Waals surface area (Å²) in [5.41, 5.74) is 4.40. The van der Waals surface area contributed by atoms with Crippen molar-refractivity contribution in [2.45, 2.75) is 69.3 Å². The number of allylic oxidation sites excluding steroid dienone is 5. The van der Waals surface area contributed by atoms with E-state index >= 15 is 0 Å². The van der Waals surface area contributed by atoms with Crippen LogP contribution in [0, 0.1) is 17.8 Å². The number of alkyl halides is 1. The molecule has 6 heteroatoms. The Labute approximate surface area is 174 Å². The molecule has 1 spiro atoms. The smallest absolute Gasteiger partial charge is 0.137 e. The van der Waals surface area contributed by atoms with E-state index in [-0.39, 0.29) is 29.1 Å². The van der Waals surface area contributed by atoms with E-state index < -0.39 is 10.5 Å². The highest BCUT2D eigenvalue weighted by Crippen LogP contribution is 2.58. The van der Waals surface area contributed by atoms with Gasteiger partial charge in [-0.15, -0.1) is 0 Å². The zero-order chi connectivity index (χ0) is 20.4. The minimum Gasteiger partial charge on any atom is -0.288 e. The van der Waals surface area contributed by atoms with Crippen LogP contribution in [0.2, 0.25) is 0 Å². The molecule has 1 aliphatic heterocycles. The maximum atomic E-state index is 14.7. The second kappa shape index (κ2) is 6.79. The van der Waals surface area contributed by atoms with Crippen LogP contribution in [0.3, 0.4) is 0 Å². The summed E-state index contributed by atoms with van der Waals surface area (Å²) in [6.07, 6.45) is 10.2. The molecule has 0 bridgehead atoms. The van der Waals surface area contributed by atoms with Gasteiger partial charge in [-0.05, 0) is 61.3 Å². The highest BCUT2D eigenvalue weighted by Gasteiger charge is 2.57. The first-order chi connectivity index (χ1) is 13.9. The number of hydrogen-bond acceptors (Lipinski definition) is 3.